The van der Waals surface area contributed by atoms with Crippen LogP contribution in [0.3, 0.4) is 0 Å². The highest BCUT2D eigenvalue weighted by Gasteiger charge is 2.17. The van der Waals surface area contributed by atoms with Crippen molar-refractivity contribution in [3.8, 4) is 5.75 Å². The van der Waals surface area contributed by atoms with E-state index in [2.05, 4.69) is 10.3 Å². The van der Waals surface area contributed by atoms with Crippen molar-refractivity contribution in [3.05, 3.63) is 95.8 Å². The van der Waals surface area contributed by atoms with Crippen molar-refractivity contribution in [3.63, 3.8) is 0 Å². The number of benzene rings is 2. The minimum Gasteiger partial charge on any atom is -0.497 e. The summed E-state index contributed by atoms with van der Waals surface area (Å²) in [6.07, 6.45) is 4.65. The SMILES string of the molecule is COc1cccc([C@@H](NC(=O)CCc2ccccc2)c2cccnc2)c1. The van der Waals surface area contributed by atoms with E-state index in [4.69, 9.17) is 4.74 Å². The molecule has 4 nitrogen and oxygen atoms in total. The number of ether oxygens (including phenoxy) is 1. The number of pyridine rings is 1. The zero-order valence-electron chi connectivity index (χ0n) is 14.8. The van der Waals surface area contributed by atoms with E-state index in [-0.39, 0.29) is 11.9 Å². The van der Waals surface area contributed by atoms with E-state index in [0.29, 0.717) is 12.8 Å². The van der Waals surface area contributed by atoms with Gasteiger partial charge in [-0.05, 0) is 41.3 Å². The first-order valence-corrected chi connectivity index (χ1v) is 8.63. The molecular weight excluding hydrogens is 324 g/mol. The van der Waals surface area contributed by atoms with Crippen molar-refractivity contribution in [2.24, 2.45) is 0 Å². The van der Waals surface area contributed by atoms with Crippen LogP contribution in [0.5, 0.6) is 5.75 Å². The monoisotopic (exact) mass is 346 g/mol. The van der Waals surface area contributed by atoms with Gasteiger partial charge in [0.05, 0.1) is 13.2 Å². The maximum atomic E-state index is 12.6. The molecule has 3 aromatic rings. The fourth-order valence-corrected chi connectivity index (χ4v) is 2.86. The number of hydrogen-bond donors (Lipinski definition) is 1. The molecule has 0 bridgehead atoms. The number of amides is 1. The second-order valence-electron chi connectivity index (χ2n) is 6.05. The first-order valence-electron chi connectivity index (χ1n) is 8.63. The highest BCUT2D eigenvalue weighted by Crippen LogP contribution is 2.25. The normalized spacial score (nSPS) is 11.6. The Hall–Kier alpha value is -3.14. The van der Waals surface area contributed by atoms with Crippen molar-refractivity contribution >= 4 is 5.91 Å². The van der Waals surface area contributed by atoms with Gasteiger partial charge in [0.15, 0.2) is 0 Å². The topological polar surface area (TPSA) is 51.2 Å². The Labute approximate surface area is 153 Å². The van der Waals surface area contributed by atoms with Crippen LogP contribution < -0.4 is 10.1 Å². The van der Waals surface area contributed by atoms with E-state index in [9.17, 15) is 4.79 Å². The third kappa shape index (κ3) is 4.70. The molecule has 0 unspecified atom stereocenters. The van der Waals surface area contributed by atoms with Crippen molar-refractivity contribution in [2.45, 2.75) is 18.9 Å². The summed E-state index contributed by atoms with van der Waals surface area (Å²) >= 11 is 0. The molecule has 0 aliphatic carbocycles. The minimum absolute atomic E-state index is 0.00512. The van der Waals surface area contributed by atoms with Crippen LogP contribution in [0.25, 0.3) is 0 Å². The average Bonchev–Trinajstić information content (AvgIpc) is 2.72. The molecule has 1 heterocycles. The van der Waals surface area contributed by atoms with Gasteiger partial charge < -0.3 is 10.1 Å². The molecule has 3 rings (SSSR count). The van der Waals surface area contributed by atoms with Gasteiger partial charge in [0.1, 0.15) is 5.75 Å². The van der Waals surface area contributed by atoms with Gasteiger partial charge in [-0.15, -0.1) is 0 Å². The average molecular weight is 346 g/mol. The molecule has 26 heavy (non-hydrogen) atoms. The number of nitrogens with zero attached hydrogens (tertiary/aromatic N) is 1. The van der Waals surface area contributed by atoms with Crippen molar-refractivity contribution < 1.29 is 9.53 Å². The van der Waals surface area contributed by atoms with Gasteiger partial charge in [-0.3, -0.25) is 9.78 Å². The molecule has 1 atom stereocenters. The van der Waals surface area contributed by atoms with E-state index in [0.717, 1.165) is 22.4 Å². The molecule has 0 saturated heterocycles. The summed E-state index contributed by atoms with van der Waals surface area (Å²) in [6, 6.07) is 21.3. The lowest BCUT2D eigenvalue weighted by Gasteiger charge is -2.20. The number of aryl methyl sites for hydroxylation is 1. The Morgan fingerprint density at radius 3 is 2.58 bits per heavy atom. The molecule has 2 aromatic carbocycles. The number of carbonyl (C=O) groups is 1. The van der Waals surface area contributed by atoms with Gasteiger partial charge in [-0.25, -0.2) is 0 Å². The smallest absolute Gasteiger partial charge is 0.221 e. The van der Waals surface area contributed by atoms with Crippen molar-refractivity contribution in [2.75, 3.05) is 7.11 Å². The van der Waals surface area contributed by atoms with Crippen LogP contribution in [0.1, 0.15) is 29.2 Å². The molecule has 1 amide bonds. The first kappa shape index (κ1) is 17.7. The number of hydrogen-bond acceptors (Lipinski definition) is 3. The summed E-state index contributed by atoms with van der Waals surface area (Å²) in [5, 5.41) is 3.14. The van der Waals surface area contributed by atoms with Gasteiger partial charge in [0.2, 0.25) is 5.91 Å². The molecule has 132 valence electrons. The van der Waals surface area contributed by atoms with Crippen LogP contribution in [0.2, 0.25) is 0 Å². The molecule has 0 aliphatic heterocycles. The third-order valence-corrected chi connectivity index (χ3v) is 4.23. The Bertz CT molecular complexity index is 835. The molecule has 1 N–H and O–H groups in total. The number of carbonyl (C=O) groups excluding carboxylic acids is 1. The van der Waals surface area contributed by atoms with E-state index >= 15 is 0 Å². The Balaban J connectivity index is 1.76. The summed E-state index contributed by atoms with van der Waals surface area (Å²) in [5.41, 5.74) is 3.06. The number of aromatic nitrogens is 1. The fourth-order valence-electron chi connectivity index (χ4n) is 2.86. The maximum absolute atomic E-state index is 12.6. The number of nitrogens with one attached hydrogen (secondary N) is 1. The quantitative estimate of drug-likeness (QED) is 0.705. The Kier molecular flexibility index (Phi) is 5.99. The molecule has 0 radical (unpaired) electrons. The highest BCUT2D eigenvalue weighted by atomic mass is 16.5. The van der Waals surface area contributed by atoms with Crippen LogP contribution in [0.4, 0.5) is 0 Å². The van der Waals surface area contributed by atoms with Gasteiger partial charge in [0.25, 0.3) is 0 Å². The van der Waals surface area contributed by atoms with E-state index in [1.807, 2.05) is 66.7 Å². The summed E-state index contributed by atoms with van der Waals surface area (Å²) in [7, 11) is 1.64. The molecule has 1 aromatic heterocycles. The van der Waals surface area contributed by atoms with Crippen molar-refractivity contribution in [1.29, 1.82) is 0 Å². The van der Waals surface area contributed by atoms with E-state index in [1.165, 1.54) is 0 Å². The molecule has 0 spiro atoms. The molecular formula is C22H22N2O2. The second-order valence-corrected chi connectivity index (χ2v) is 6.05. The molecule has 0 fully saturated rings. The standard InChI is InChI=1S/C22H22N2O2/c1-26-20-11-5-9-18(15-20)22(19-10-6-14-23-16-19)24-21(25)13-12-17-7-3-2-4-8-17/h2-11,14-16,22H,12-13H2,1H3,(H,24,25)/t22-/m1/s1. The van der Waals surface area contributed by atoms with E-state index in [1.54, 1.807) is 19.5 Å². The molecule has 4 heteroatoms. The number of methoxy groups -OCH3 is 1. The summed E-state index contributed by atoms with van der Waals surface area (Å²) in [5.74, 6) is 0.764. The van der Waals surface area contributed by atoms with Gasteiger partial charge in [-0.1, -0.05) is 48.5 Å². The highest BCUT2D eigenvalue weighted by molar-refractivity contribution is 5.77. The van der Waals surface area contributed by atoms with Crippen LogP contribution in [-0.4, -0.2) is 18.0 Å². The predicted molar refractivity (Wildman–Crippen MR) is 102 cm³/mol. The van der Waals surface area contributed by atoms with Crippen LogP contribution in [0, 0.1) is 0 Å². The summed E-state index contributed by atoms with van der Waals surface area (Å²) in [4.78, 5) is 16.8. The van der Waals surface area contributed by atoms with Gasteiger partial charge >= 0.3 is 0 Å². The van der Waals surface area contributed by atoms with Crippen LogP contribution >= 0.6 is 0 Å². The number of rotatable bonds is 7. The lowest BCUT2D eigenvalue weighted by atomic mass is 9.99. The third-order valence-electron chi connectivity index (χ3n) is 4.23. The molecule has 0 saturated carbocycles. The van der Waals surface area contributed by atoms with E-state index < -0.39 is 0 Å². The summed E-state index contributed by atoms with van der Waals surface area (Å²) in [6.45, 7) is 0. The maximum Gasteiger partial charge on any atom is 0.221 e. The predicted octanol–water partition coefficient (Wildman–Crippen LogP) is 3.93. The summed E-state index contributed by atoms with van der Waals surface area (Å²) < 4.78 is 5.32. The fraction of sp³-hybridized carbons (Fsp3) is 0.182. The van der Waals surface area contributed by atoms with Crippen LogP contribution in [0.15, 0.2) is 79.1 Å². The minimum atomic E-state index is -0.262. The van der Waals surface area contributed by atoms with Crippen LogP contribution in [-0.2, 0) is 11.2 Å². The lowest BCUT2D eigenvalue weighted by Crippen LogP contribution is -2.29. The van der Waals surface area contributed by atoms with Gasteiger partial charge in [0, 0.05) is 18.8 Å². The second kappa shape index (κ2) is 8.81. The van der Waals surface area contributed by atoms with Crippen molar-refractivity contribution in [1.82, 2.24) is 10.3 Å². The zero-order valence-corrected chi connectivity index (χ0v) is 14.8. The molecule has 0 aliphatic rings. The lowest BCUT2D eigenvalue weighted by molar-refractivity contribution is -0.121. The largest absolute Gasteiger partial charge is 0.497 e. The first-order chi connectivity index (χ1) is 12.8. The van der Waals surface area contributed by atoms with Gasteiger partial charge in [-0.2, -0.15) is 0 Å². The Morgan fingerprint density at radius 1 is 1.04 bits per heavy atom. The zero-order chi connectivity index (χ0) is 18.2. The Morgan fingerprint density at radius 2 is 1.85 bits per heavy atom.